The Hall–Kier alpha value is -2.99. The Morgan fingerprint density at radius 1 is 1.06 bits per heavy atom. The molecule has 2 aromatic rings. The third kappa shape index (κ3) is 5.73. The lowest BCUT2D eigenvalue weighted by Gasteiger charge is -2.29. The van der Waals surface area contributed by atoms with E-state index in [0.29, 0.717) is 37.6 Å². The van der Waals surface area contributed by atoms with Gasteiger partial charge in [0.25, 0.3) is 0 Å². The highest BCUT2D eigenvalue weighted by atomic mass is 32.2. The molecule has 0 atom stereocenters. The third-order valence-corrected chi connectivity index (χ3v) is 6.83. The molecule has 2 aliphatic heterocycles. The van der Waals surface area contributed by atoms with Crippen LogP contribution in [0.2, 0.25) is 0 Å². The van der Waals surface area contributed by atoms with E-state index in [4.69, 9.17) is 9.88 Å². The fraction of sp³-hybridized carbons (Fsp3) is 0.391. The highest BCUT2D eigenvalue weighted by Gasteiger charge is 2.27. The number of likely N-dealkylation sites (N-methyl/N-ethyl adjacent to an activating group) is 1. The van der Waals surface area contributed by atoms with Crippen LogP contribution in [0.5, 0.6) is 0 Å². The lowest BCUT2D eigenvalue weighted by atomic mass is 10.2. The molecule has 4 rings (SSSR count). The number of carbonyl (C=O) groups is 2. The van der Waals surface area contributed by atoms with Gasteiger partial charge in [-0.1, -0.05) is 0 Å². The van der Waals surface area contributed by atoms with Crippen molar-refractivity contribution in [2.24, 2.45) is 5.14 Å². The van der Waals surface area contributed by atoms with Gasteiger partial charge in [-0.3, -0.25) is 14.5 Å². The molecular formula is C23H29N5O5S. The SMILES string of the molecule is CN(CC(=O)Nc1ccc(N2CCOCC2)cc1)CC(=O)N1CCc2cc(S(N)(=O)=O)ccc21. The second-order valence-electron chi connectivity index (χ2n) is 8.50. The molecule has 0 saturated carbocycles. The maximum atomic E-state index is 12.8. The molecule has 0 radical (unpaired) electrons. The van der Waals surface area contributed by atoms with E-state index in [9.17, 15) is 18.0 Å². The van der Waals surface area contributed by atoms with Crippen molar-refractivity contribution in [3.8, 4) is 0 Å². The van der Waals surface area contributed by atoms with E-state index in [1.165, 1.54) is 12.1 Å². The van der Waals surface area contributed by atoms with Crippen LogP contribution >= 0.6 is 0 Å². The minimum atomic E-state index is -3.79. The van der Waals surface area contributed by atoms with Crippen molar-refractivity contribution in [2.45, 2.75) is 11.3 Å². The molecular weight excluding hydrogens is 458 g/mol. The fourth-order valence-corrected chi connectivity index (χ4v) is 4.77. The average molecular weight is 488 g/mol. The predicted molar refractivity (Wildman–Crippen MR) is 129 cm³/mol. The molecule has 2 aromatic carbocycles. The highest BCUT2D eigenvalue weighted by molar-refractivity contribution is 7.89. The number of rotatable bonds is 7. The van der Waals surface area contributed by atoms with Crippen molar-refractivity contribution >= 4 is 38.9 Å². The van der Waals surface area contributed by atoms with Crippen molar-refractivity contribution in [1.29, 1.82) is 0 Å². The first kappa shape index (κ1) is 24.1. The number of fused-ring (bicyclic) bond motifs is 1. The van der Waals surface area contributed by atoms with Gasteiger partial charge in [-0.2, -0.15) is 0 Å². The number of anilines is 3. The maximum absolute atomic E-state index is 12.8. The van der Waals surface area contributed by atoms with Gasteiger partial charge in [-0.05, 0) is 61.5 Å². The van der Waals surface area contributed by atoms with E-state index < -0.39 is 10.0 Å². The van der Waals surface area contributed by atoms with Gasteiger partial charge in [0.1, 0.15) is 0 Å². The molecule has 3 N–H and O–H groups in total. The summed E-state index contributed by atoms with van der Waals surface area (Å²) in [7, 11) is -2.08. The standard InChI is InChI=1S/C23H29N5O5S/c1-26(15-22(29)25-18-2-4-19(5-3-18)27-10-12-33-13-11-27)16-23(30)28-9-8-17-14-20(34(24,31)32)6-7-21(17)28/h2-7,14H,8-13,15-16H2,1H3,(H,25,29)(H2,24,31,32). The number of carbonyl (C=O) groups excluding carboxylic acids is 2. The van der Waals surface area contributed by atoms with Gasteiger partial charge < -0.3 is 19.9 Å². The number of nitrogens with zero attached hydrogens (tertiary/aromatic N) is 3. The number of hydrogen-bond acceptors (Lipinski definition) is 7. The first-order valence-electron chi connectivity index (χ1n) is 11.1. The van der Waals surface area contributed by atoms with Crippen molar-refractivity contribution in [1.82, 2.24) is 4.90 Å². The third-order valence-electron chi connectivity index (χ3n) is 5.92. The van der Waals surface area contributed by atoms with Crippen molar-refractivity contribution in [3.05, 3.63) is 48.0 Å². The molecule has 1 saturated heterocycles. The van der Waals surface area contributed by atoms with E-state index >= 15 is 0 Å². The number of hydrogen-bond donors (Lipinski definition) is 2. The minimum absolute atomic E-state index is 0.0346. The summed E-state index contributed by atoms with van der Waals surface area (Å²) in [6, 6.07) is 12.2. The van der Waals surface area contributed by atoms with Crippen LogP contribution in [-0.4, -0.2) is 78.1 Å². The van der Waals surface area contributed by atoms with Crippen LogP contribution < -0.4 is 20.3 Å². The Labute approximate surface area is 199 Å². The number of nitrogens with two attached hydrogens (primary N) is 1. The summed E-state index contributed by atoms with van der Waals surface area (Å²) in [6.45, 7) is 3.69. The van der Waals surface area contributed by atoms with Gasteiger partial charge in [0.05, 0.1) is 31.2 Å². The zero-order valence-corrected chi connectivity index (χ0v) is 19.9. The molecule has 0 aromatic heterocycles. The molecule has 10 nitrogen and oxygen atoms in total. The molecule has 11 heteroatoms. The van der Waals surface area contributed by atoms with Gasteiger partial charge in [0, 0.05) is 36.7 Å². The van der Waals surface area contributed by atoms with E-state index in [1.807, 2.05) is 24.3 Å². The summed E-state index contributed by atoms with van der Waals surface area (Å²) in [5, 5.41) is 8.06. The van der Waals surface area contributed by atoms with Crippen LogP contribution in [0.4, 0.5) is 17.1 Å². The molecule has 0 spiro atoms. The Balaban J connectivity index is 1.29. The molecule has 0 unspecified atom stereocenters. The Morgan fingerprint density at radius 3 is 2.44 bits per heavy atom. The fourth-order valence-electron chi connectivity index (χ4n) is 4.21. The van der Waals surface area contributed by atoms with Crippen LogP contribution in [0.25, 0.3) is 0 Å². The molecule has 2 amide bonds. The largest absolute Gasteiger partial charge is 0.378 e. The smallest absolute Gasteiger partial charge is 0.241 e. The summed E-state index contributed by atoms with van der Waals surface area (Å²) in [5.41, 5.74) is 3.23. The molecule has 0 bridgehead atoms. The predicted octanol–water partition coefficient (Wildman–Crippen LogP) is 0.630. The van der Waals surface area contributed by atoms with Crippen LogP contribution in [-0.2, 0) is 30.8 Å². The Kier molecular flexibility index (Phi) is 7.17. The van der Waals surface area contributed by atoms with Gasteiger partial charge in [-0.15, -0.1) is 0 Å². The van der Waals surface area contributed by atoms with E-state index in [-0.39, 0.29) is 29.8 Å². The number of nitrogens with one attached hydrogen (secondary N) is 1. The van der Waals surface area contributed by atoms with Crippen LogP contribution in [0.15, 0.2) is 47.4 Å². The zero-order valence-electron chi connectivity index (χ0n) is 19.1. The second-order valence-corrected chi connectivity index (χ2v) is 10.1. The molecule has 182 valence electrons. The number of morpholine rings is 1. The van der Waals surface area contributed by atoms with Crippen molar-refractivity contribution in [3.63, 3.8) is 0 Å². The summed E-state index contributed by atoms with van der Waals surface area (Å²) in [5.74, 6) is -0.374. The van der Waals surface area contributed by atoms with Gasteiger partial charge >= 0.3 is 0 Å². The van der Waals surface area contributed by atoms with Gasteiger partial charge in [-0.25, -0.2) is 13.6 Å². The number of amides is 2. The van der Waals surface area contributed by atoms with Gasteiger partial charge in [0.2, 0.25) is 21.8 Å². The molecule has 2 aliphatic rings. The lowest BCUT2D eigenvalue weighted by Crippen LogP contribution is -2.40. The van der Waals surface area contributed by atoms with E-state index in [0.717, 1.165) is 24.3 Å². The topological polar surface area (TPSA) is 125 Å². The van der Waals surface area contributed by atoms with E-state index in [1.54, 1.807) is 22.9 Å². The average Bonchev–Trinajstić information content (AvgIpc) is 3.23. The maximum Gasteiger partial charge on any atom is 0.241 e. The number of sulfonamides is 1. The van der Waals surface area contributed by atoms with Crippen LogP contribution in [0, 0.1) is 0 Å². The van der Waals surface area contributed by atoms with E-state index in [2.05, 4.69) is 10.2 Å². The molecule has 34 heavy (non-hydrogen) atoms. The molecule has 0 aliphatic carbocycles. The molecule has 1 fully saturated rings. The summed E-state index contributed by atoms with van der Waals surface area (Å²) in [4.78, 5) is 30.8. The zero-order chi connectivity index (χ0) is 24.3. The number of primary sulfonamides is 1. The quantitative estimate of drug-likeness (QED) is 0.587. The lowest BCUT2D eigenvalue weighted by molar-refractivity contribution is -0.120. The summed E-state index contributed by atoms with van der Waals surface area (Å²) < 4.78 is 28.5. The number of benzene rings is 2. The van der Waals surface area contributed by atoms with Crippen LogP contribution in [0.1, 0.15) is 5.56 Å². The normalized spacial score (nSPS) is 16.0. The first-order chi connectivity index (χ1) is 16.2. The van der Waals surface area contributed by atoms with Crippen LogP contribution in [0.3, 0.4) is 0 Å². The first-order valence-corrected chi connectivity index (χ1v) is 12.6. The Bertz CT molecular complexity index is 1160. The highest BCUT2D eigenvalue weighted by Crippen LogP contribution is 2.30. The Morgan fingerprint density at radius 2 is 1.76 bits per heavy atom. The monoisotopic (exact) mass is 487 g/mol. The minimum Gasteiger partial charge on any atom is -0.378 e. The number of ether oxygens (including phenoxy) is 1. The van der Waals surface area contributed by atoms with Crippen molar-refractivity contribution < 1.29 is 22.7 Å². The van der Waals surface area contributed by atoms with Gasteiger partial charge in [0.15, 0.2) is 0 Å². The van der Waals surface area contributed by atoms with Crippen molar-refractivity contribution in [2.75, 3.05) is 68.1 Å². The summed E-state index contributed by atoms with van der Waals surface area (Å²) >= 11 is 0. The second kappa shape index (κ2) is 10.1. The summed E-state index contributed by atoms with van der Waals surface area (Å²) in [6.07, 6.45) is 0.551. The molecule has 2 heterocycles.